The molecule has 0 saturated carbocycles. The van der Waals surface area contributed by atoms with Gasteiger partial charge in [-0.05, 0) is 12.1 Å². The molecule has 0 atom stereocenters. The number of benzene rings is 1. The largest absolute Gasteiger partial charge is 0.504 e. The van der Waals surface area contributed by atoms with Gasteiger partial charge in [0, 0.05) is 24.2 Å². The Hall–Kier alpha value is -1.90. The average Bonchev–Trinajstić information content (AvgIpc) is 2.51. The fourth-order valence-electron chi connectivity index (χ4n) is 1.51. The maximum absolute atomic E-state index is 9.34. The van der Waals surface area contributed by atoms with E-state index in [0.717, 1.165) is 10.9 Å². The Morgan fingerprint density at radius 2 is 2.00 bits per heavy atom. The van der Waals surface area contributed by atoms with Gasteiger partial charge in [0.25, 0.3) is 0 Å². The zero-order valence-electron chi connectivity index (χ0n) is 7.64. The number of fused-ring (bicyclic) bond motifs is 1. The third kappa shape index (κ3) is 1.23. The first-order chi connectivity index (χ1) is 6.72. The predicted octanol–water partition coefficient (Wildman–Crippen LogP) is 2.24. The highest BCUT2D eigenvalue weighted by atomic mass is 16.3. The quantitative estimate of drug-likeness (QED) is 0.562. The van der Waals surface area contributed by atoms with E-state index < -0.39 is 0 Å². The maximum atomic E-state index is 9.34. The summed E-state index contributed by atoms with van der Waals surface area (Å²) < 4.78 is 1.95. The van der Waals surface area contributed by atoms with Gasteiger partial charge in [-0.3, -0.25) is 0 Å². The molecule has 2 N–H and O–H groups in total. The first-order valence-corrected chi connectivity index (χ1v) is 4.34. The van der Waals surface area contributed by atoms with Crippen LogP contribution in [0.15, 0.2) is 37.1 Å². The number of allylic oxidation sites excluding steroid dienone is 1. The molecule has 3 heteroatoms. The highest BCUT2D eigenvalue weighted by Gasteiger charge is 2.05. The molecule has 0 aliphatic carbocycles. The van der Waals surface area contributed by atoms with Crippen LogP contribution >= 0.6 is 0 Å². The second-order valence-corrected chi connectivity index (χ2v) is 3.16. The first kappa shape index (κ1) is 8.69. The topological polar surface area (TPSA) is 45.4 Å². The van der Waals surface area contributed by atoms with Crippen LogP contribution in [0.25, 0.3) is 10.9 Å². The zero-order valence-corrected chi connectivity index (χ0v) is 7.64. The number of aromatic nitrogens is 1. The predicted molar refractivity (Wildman–Crippen MR) is 55.5 cm³/mol. The van der Waals surface area contributed by atoms with Crippen LogP contribution in [0.2, 0.25) is 0 Å². The normalized spacial score (nSPS) is 10.6. The average molecular weight is 189 g/mol. The number of hydrogen-bond acceptors (Lipinski definition) is 2. The Morgan fingerprint density at radius 3 is 2.71 bits per heavy atom. The van der Waals surface area contributed by atoms with E-state index in [9.17, 15) is 10.2 Å². The molecule has 1 aromatic carbocycles. The van der Waals surface area contributed by atoms with Gasteiger partial charge in [-0.1, -0.05) is 6.08 Å². The van der Waals surface area contributed by atoms with E-state index in [2.05, 4.69) is 6.58 Å². The van der Waals surface area contributed by atoms with Crippen molar-refractivity contribution in [1.29, 1.82) is 0 Å². The van der Waals surface area contributed by atoms with E-state index >= 15 is 0 Å². The van der Waals surface area contributed by atoms with Crippen LogP contribution in [0, 0.1) is 0 Å². The molecule has 0 amide bonds. The summed E-state index contributed by atoms with van der Waals surface area (Å²) >= 11 is 0. The molecule has 2 rings (SSSR count). The second-order valence-electron chi connectivity index (χ2n) is 3.16. The summed E-state index contributed by atoms with van der Waals surface area (Å²) in [7, 11) is 0. The van der Waals surface area contributed by atoms with Gasteiger partial charge in [0.05, 0.1) is 5.52 Å². The summed E-state index contributed by atoms with van der Waals surface area (Å²) in [6.45, 7) is 4.34. The lowest BCUT2D eigenvalue weighted by molar-refractivity contribution is 0.404. The minimum absolute atomic E-state index is 0.0890. The first-order valence-electron chi connectivity index (χ1n) is 4.34. The second kappa shape index (κ2) is 3.10. The molecule has 0 radical (unpaired) electrons. The fraction of sp³-hybridized carbons (Fsp3) is 0.0909. The highest BCUT2D eigenvalue weighted by Crippen LogP contribution is 2.30. The van der Waals surface area contributed by atoms with Crippen molar-refractivity contribution in [1.82, 2.24) is 4.57 Å². The summed E-state index contributed by atoms with van der Waals surface area (Å²) in [5, 5.41) is 19.5. The van der Waals surface area contributed by atoms with Crippen molar-refractivity contribution in [2.24, 2.45) is 0 Å². The molecule has 72 valence electrons. The van der Waals surface area contributed by atoms with Gasteiger partial charge < -0.3 is 14.8 Å². The minimum atomic E-state index is -0.0958. The van der Waals surface area contributed by atoms with Gasteiger partial charge in [0.1, 0.15) is 0 Å². The van der Waals surface area contributed by atoms with E-state index in [1.807, 2.05) is 16.8 Å². The Balaban J connectivity index is 2.67. The lowest BCUT2D eigenvalue weighted by atomic mass is 10.2. The van der Waals surface area contributed by atoms with Gasteiger partial charge in [-0.25, -0.2) is 0 Å². The molecule has 0 aliphatic rings. The number of aromatic hydroxyl groups is 2. The van der Waals surface area contributed by atoms with Crippen LogP contribution in [0.3, 0.4) is 0 Å². The van der Waals surface area contributed by atoms with E-state index in [1.165, 1.54) is 0 Å². The number of rotatable bonds is 2. The monoisotopic (exact) mass is 189 g/mol. The number of phenolic OH excluding ortho intramolecular Hbond substituents is 2. The van der Waals surface area contributed by atoms with Crippen molar-refractivity contribution >= 4 is 10.9 Å². The Bertz CT molecular complexity index is 485. The summed E-state index contributed by atoms with van der Waals surface area (Å²) in [5.41, 5.74) is 0.889. The summed E-state index contributed by atoms with van der Waals surface area (Å²) in [6.07, 6.45) is 3.68. The molecule has 1 heterocycles. The lowest BCUT2D eigenvalue weighted by Gasteiger charge is -2.02. The maximum Gasteiger partial charge on any atom is 0.159 e. The van der Waals surface area contributed by atoms with E-state index in [0.29, 0.717) is 6.54 Å². The molecule has 3 nitrogen and oxygen atoms in total. The molecule has 0 unspecified atom stereocenters. The number of hydrogen-bond donors (Lipinski definition) is 2. The van der Waals surface area contributed by atoms with Crippen molar-refractivity contribution < 1.29 is 10.2 Å². The van der Waals surface area contributed by atoms with Crippen molar-refractivity contribution in [3.05, 3.63) is 37.1 Å². The van der Waals surface area contributed by atoms with Crippen molar-refractivity contribution in [2.45, 2.75) is 6.54 Å². The van der Waals surface area contributed by atoms with Gasteiger partial charge in [-0.2, -0.15) is 0 Å². The number of phenols is 2. The standard InChI is InChI=1S/C11H11NO2/c1-2-4-12-5-3-8-6-10(13)11(14)7-9(8)12/h2-3,5-7,13-14H,1,4H2. The lowest BCUT2D eigenvalue weighted by Crippen LogP contribution is -1.91. The Kier molecular flexibility index (Phi) is 1.93. The summed E-state index contributed by atoms with van der Waals surface area (Å²) in [5.74, 6) is -0.185. The van der Waals surface area contributed by atoms with Crippen molar-refractivity contribution in [3.63, 3.8) is 0 Å². The van der Waals surface area contributed by atoms with Gasteiger partial charge in [-0.15, -0.1) is 6.58 Å². The Labute approximate surface area is 81.5 Å². The molecule has 14 heavy (non-hydrogen) atoms. The third-order valence-electron chi connectivity index (χ3n) is 2.19. The minimum Gasteiger partial charge on any atom is -0.504 e. The van der Waals surface area contributed by atoms with Gasteiger partial charge in [0.2, 0.25) is 0 Å². The molecule has 0 bridgehead atoms. The SMILES string of the molecule is C=CCn1ccc2cc(O)c(O)cc21. The molecular formula is C11H11NO2. The van der Waals surface area contributed by atoms with E-state index in [1.54, 1.807) is 18.2 Å². The molecular weight excluding hydrogens is 178 g/mol. The number of nitrogens with zero attached hydrogens (tertiary/aromatic N) is 1. The fourth-order valence-corrected chi connectivity index (χ4v) is 1.51. The molecule has 0 saturated heterocycles. The van der Waals surface area contributed by atoms with Crippen LogP contribution in [-0.4, -0.2) is 14.8 Å². The van der Waals surface area contributed by atoms with E-state index in [-0.39, 0.29) is 11.5 Å². The van der Waals surface area contributed by atoms with Crippen molar-refractivity contribution in [2.75, 3.05) is 0 Å². The van der Waals surface area contributed by atoms with Crippen LogP contribution in [0.5, 0.6) is 11.5 Å². The molecule has 1 aromatic heterocycles. The smallest absolute Gasteiger partial charge is 0.159 e. The summed E-state index contributed by atoms with van der Waals surface area (Å²) in [4.78, 5) is 0. The molecule has 0 fully saturated rings. The van der Waals surface area contributed by atoms with Gasteiger partial charge >= 0.3 is 0 Å². The molecule has 2 aromatic rings. The third-order valence-corrected chi connectivity index (χ3v) is 2.19. The van der Waals surface area contributed by atoms with Crippen LogP contribution in [0.1, 0.15) is 0 Å². The molecule has 0 spiro atoms. The van der Waals surface area contributed by atoms with E-state index in [4.69, 9.17) is 0 Å². The molecule has 0 aliphatic heterocycles. The zero-order chi connectivity index (χ0) is 10.1. The van der Waals surface area contributed by atoms with Crippen molar-refractivity contribution in [3.8, 4) is 11.5 Å². The van der Waals surface area contributed by atoms with Crippen LogP contribution in [0.4, 0.5) is 0 Å². The summed E-state index contributed by atoms with van der Waals surface area (Å²) in [6, 6.07) is 4.98. The highest BCUT2D eigenvalue weighted by molar-refractivity contribution is 5.83. The van der Waals surface area contributed by atoms with Gasteiger partial charge in [0.15, 0.2) is 11.5 Å². The van der Waals surface area contributed by atoms with Crippen LogP contribution in [-0.2, 0) is 6.54 Å². The van der Waals surface area contributed by atoms with Crippen LogP contribution < -0.4 is 0 Å². The Morgan fingerprint density at radius 1 is 1.29 bits per heavy atom.